The van der Waals surface area contributed by atoms with Gasteiger partial charge in [0.2, 0.25) is 0 Å². The standard InChI is InChI=1S/C13H20OS/c1-5-15-12-8-6-11(7-9-12)13(4,14)10(2)3/h6-10,14H,5H2,1-4H3/t13-/m0/s1. The molecule has 1 atom stereocenters. The van der Waals surface area contributed by atoms with E-state index in [0.29, 0.717) is 0 Å². The first kappa shape index (κ1) is 12.6. The predicted molar refractivity (Wildman–Crippen MR) is 67.2 cm³/mol. The van der Waals surface area contributed by atoms with Crippen molar-refractivity contribution in [3.63, 3.8) is 0 Å². The van der Waals surface area contributed by atoms with Crippen molar-refractivity contribution in [2.24, 2.45) is 5.92 Å². The van der Waals surface area contributed by atoms with Crippen molar-refractivity contribution in [3.8, 4) is 0 Å². The molecule has 0 heterocycles. The van der Waals surface area contributed by atoms with Crippen LogP contribution in [-0.4, -0.2) is 10.9 Å². The second kappa shape index (κ2) is 5.04. The highest BCUT2D eigenvalue weighted by Gasteiger charge is 2.26. The van der Waals surface area contributed by atoms with Crippen molar-refractivity contribution < 1.29 is 5.11 Å². The topological polar surface area (TPSA) is 20.2 Å². The zero-order chi connectivity index (χ0) is 11.5. The molecule has 1 N–H and O–H groups in total. The molecular formula is C13H20OS. The fourth-order valence-electron chi connectivity index (χ4n) is 1.39. The van der Waals surface area contributed by atoms with Crippen LogP contribution in [0.3, 0.4) is 0 Å². The molecule has 0 aliphatic carbocycles. The van der Waals surface area contributed by atoms with E-state index >= 15 is 0 Å². The smallest absolute Gasteiger partial charge is 0.0891 e. The van der Waals surface area contributed by atoms with Gasteiger partial charge in [0.1, 0.15) is 0 Å². The van der Waals surface area contributed by atoms with Crippen molar-refractivity contribution in [2.45, 2.75) is 38.2 Å². The van der Waals surface area contributed by atoms with Gasteiger partial charge in [0.15, 0.2) is 0 Å². The molecule has 0 aliphatic heterocycles. The van der Waals surface area contributed by atoms with Crippen molar-refractivity contribution in [3.05, 3.63) is 29.8 Å². The van der Waals surface area contributed by atoms with Crippen LogP contribution in [0, 0.1) is 5.92 Å². The molecule has 0 aliphatic rings. The Morgan fingerprint density at radius 3 is 2.20 bits per heavy atom. The maximum absolute atomic E-state index is 10.3. The van der Waals surface area contributed by atoms with Gasteiger partial charge in [-0.1, -0.05) is 32.9 Å². The Morgan fingerprint density at radius 1 is 1.27 bits per heavy atom. The molecule has 0 fully saturated rings. The molecule has 0 spiro atoms. The minimum Gasteiger partial charge on any atom is -0.385 e. The Balaban J connectivity index is 2.88. The van der Waals surface area contributed by atoms with Gasteiger partial charge >= 0.3 is 0 Å². The normalized spacial score (nSPS) is 15.3. The summed E-state index contributed by atoms with van der Waals surface area (Å²) in [4.78, 5) is 1.26. The van der Waals surface area contributed by atoms with E-state index in [1.807, 2.05) is 44.7 Å². The highest BCUT2D eigenvalue weighted by atomic mass is 32.2. The highest BCUT2D eigenvalue weighted by Crippen LogP contribution is 2.30. The monoisotopic (exact) mass is 224 g/mol. The van der Waals surface area contributed by atoms with E-state index < -0.39 is 5.60 Å². The quantitative estimate of drug-likeness (QED) is 0.788. The van der Waals surface area contributed by atoms with Gasteiger partial charge in [-0.3, -0.25) is 0 Å². The third-order valence-electron chi connectivity index (χ3n) is 2.87. The lowest BCUT2D eigenvalue weighted by Crippen LogP contribution is -2.27. The van der Waals surface area contributed by atoms with Crippen LogP contribution in [0.2, 0.25) is 0 Å². The molecule has 2 heteroatoms. The second-order valence-electron chi connectivity index (χ2n) is 4.26. The molecule has 0 radical (unpaired) electrons. The maximum Gasteiger partial charge on any atom is 0.0891 e. The molecule has 1 nitrogen and oxygen atoms in total. The van der Waals surface area contributed by atoms with Crippen LogP contribution in [0.25, 0.3) is 0 Å². The van der Waals surface area contributed by atoms with Crippen LogP contribution in [0.5, 0.6) is 0 Å². The highest BCUT2D eigenvalue weighted by molar-refractivity contribution is 7.99. The van der Waals surface area contributed by atoms with Crippen molar-refractivity contribution >= 4 is 11.8 Å². The summed E-state index contributed by atoms with van der Waals surface area (Å²) < 4.78 is 0. The van der Waals surface area contributed by atoms with E-state index in [4.69, 9.17) is 0 Å². The van der Waals surface area contributed by atoms with Crippen LogP contribution in [0.4, 0.5) is 0 Å². The molecule has 0 amide bonds. The Hall–Kier alpha value is -0.470. The van der Waals surface area contributed by atoms with Crippen LogP contribution in [0.1, 0.15) is 33.3 Å². The Bertz CT molecular complexity index is 301. The van der Waals surface area contributed by atoms with Crippen LogP contribution in [0.15, 0.2) is 29.2 Å². The van der Waals surface area contributed by atoms with Gasteiger partial charge in [0.05, 0.1) is 5.60 Å². The minimum absolute atomic E-state index is 0.224. The first-order valence-corrected chi connectivity index (χ1v) is 6.42. The number of hydrogen-bond donors (Lipinski definition) is 1. The van der Waals surface area contributed by atoms with E-state index in [-0.39, 0.29) is 5.92 Å². The van der Waals surface area contributed by atoms with Gasteiger partial charge in [-0.15, -0.1) is 11.8 Å². The van der Waals surface area contributed by atoms with Gasteiger partial charge in [0, 0.05) is 4.90 Å². The maximum atomic E-state index is 10.3. The summed E-state index contributed by atoms with van der Waals surface area (Å²) in [5, 5.41) is 10.3. The SMILES string of the molecule is CCSc1ccc([C@@](C)(O)C(C)C)cc1. The molecule has 0 aromatic heterocycles. The molecule has 1 rings (SSSR count). The predicted octanol–water partition coefficient (Wildman–Crippen LogP) is 3.66. The fourth-order valence-corrected chi connectivity index (χ4v) is 2.05. The number of benzene rings is 1. The largest absolute Gasteiger partial charge is 0.385 e. The van der Waals surface area contributed by atoms with Crippen molar-refractivity contribution in [2.75, 3.05) is 5.75 Å². The van der Waals surface area contributed by atoms with Gasteiger partial charge in [0.25, 0.3) is 0 Å². The summed E-state index contributed by atoms with van der Waals surface area (Å²) in [6.45, 7) is 8.09. The Labute approximate surface area is 96.9 Å². The van der Waals surface area contributed by atoms with E-state index in [1.54, 1.807) is 0 Å². The number of aliphatic hydroxyl groups is 1. The van der Waals surface area contributed by atoms with E-state index in [2.05, 4.69) is 19.1 Å². The number of rotatable bonds is 4. The zero-order valence-electron chi connectivity index (χ0n) is 9.95. The third kappa shape index (κ3) is 2.99. The van der Waals surface area contributed by atoms with Crippen LogP contribution in [-0.2, 0) is 5.60 Å². The Kier molecular flexibility index (Phi) is 4.23. The Morgan fingerprint density at radius 2 is 1.80 bits per heavy atom. The lowest BCUT2D eigenvalue weighted by atomic mass is 9.85. The van der Waals surface area contributed by atoms with Gasteiger partial charge < -0.3 is 5.11 Å². The summed E-state index contributed by atoms with van der Waals surface area (Å²) in [5.41, 5.74) is 0.271. The fraction of sp³-hybridized carbons (Fsp3) is 0.538. The minimum atomic E-state index is -0.727. The molecule has 0 bridgehead atoms. The van der Waals surface area contributed by atoms with E-state index in [1.165, 1.54) is 4.90 Å². The molecule has 1 aromatic rings. The van der Waals surface area contributed by atoms with Crippen molar-refractivity contribution in [1.82, 2.24) is 0 Å². The molecule has 1 aromatic carbocycles. The summed E-state index contributed by atoms with van der Waals surface area (Å²) >= 11 is 1.82. The van der Waals surface area contributed by atoms with Crippen LogP contribution >= 0.6 is 11.8 Å². The average Bonchev–Trinajstić information content (AvgIpc) is 2.19. The summed E-state index contributed by atoms with van der Waals surface area (Å²) in [5.74, 6) is 1.31. The van der Waals surface area contributed by atoms with E-state index in [0.717, 1.165) is 11.3 Å². The molecular weight excluding hydrogens is 204 g/mol. The molecule has 0 saturated heterocycles. The van der Waals surface area contributed by atoms with Crippen molar-refractivity contribution in [1.29, 1.82) is 0 Å². The lowest BCUT2D eigenvalue weighted by molar-refractivity contribution is 0.00901. The first-order valence-electron chi connectivity index (χ1n) is 5.44. The lowest BCUT2D eigenvalue weighted by Gasteiger charge is -2.28. The van der Waals surface area contributed by atoms with Crippen LogP contribution < -0.4 is 0 Å². The average molecular weight is 224 g/mol. The molecule has 84 valence electrons. The first-order chi connectivity index (χ1) is 6.98. The number of hydrogen-bond acceptors (Lipinski definition) is 2. The zero-order valence-corrected chi connectivity index (χ0v) is 10.8. The second-order valence-corrected chi connectivity index (χ2v) is 5.60. The molecule has 0 saturated carbocycles. The van der Waals surface area contributed by atoms with Gasteiger partial charge in [-0.05, 0) is 36.3 Å². The van der Waals surface area contributed by atoms with E-state index in [9.17, 15) is 5.11 Å². The molecule has 0 unspecified atom stereocenters. The summed E-state index contributed by atoms with van der Waals surface area (Å²) in [6.07, 6.45) is 0. The third-order valence-corrected chi connectivity index (χ3v) is 3.77. The molecule has 15 heavy (non-hydrogen) atoms. The van der Waals surface area contributed by atoms with Gasteiger partial charge in [-0.25, -0.2) is 0 Å². The number of thioether (sulfide) groups is 1. The summed E-state index contributed by atoms with van der Waals surface area (Å²) in [6, 6.07) is 8.22. The van der Waals surface area contributed by atoms with Gasteiger partial charge in [-0.2, -0.15) is 0 Å². The summed E-state index contributed by atoms with van der Waals surface area (Å²) in [7, 11) is 0.